The highest BCUT2D eigenvalue weighted by atomic mass is 19.4. The molecule has 3 aliphatic rings. The number of hydrazine groups is 1. The summed E-state index contributed by atoms with van der Waals surface area (Å²) in [5.74, 6) is 0. The summed E-state index contributed by atoms with van der Waals surface area (Å²) in [4.78, 5) is 0. The van der Waals surface area contributed by atoms with Gasteiger partial charge in [0.1, 0.15) is 0 Å². The van der Waals surface area contributed by atoms with Crippen molar-refractivity contribution in [3.8, 4) is 0 Å². The Balaban J connectivity index is 2.53. The molecule has 0 saturated carbocycles. The molecule has 2 unspecified atom stereocenters. The van der Waals surface area contributed by atoms with Crippen LogP contribution in [0.3, 0.4) is 0 Å². The van der Waals surface area contributed by atoms with Crippen LogP contribution >= 0.6 is 0 Å². The van der Waals surface area contributed by atoms with Crippen LogP contribution in [-0.4, -0.2) is 46.5 Å². The van der Waals surface area contributed by atoms with E-state index in [2.05, 4.69) is 0 Å². The molecule has 0 spiro atoms. The Labute approximate surface area is 116 Å². The van der Waals surface area contributed by atoms with Crippen molar-refractivity contribution in [2.24, 2.45) is 0 Å². The van der Waals surface area contributed by atoms with Crippen molar-refractivity contribution in [1.82, 2.24) is 10.0 Å². The molecule has 0 aromatic heterocycles. The molecule has 0 amide bonds. The summed E-state index contributed by atoms with van der Waals surface area (Å²) < 4.78 is 128. The molecule has 0 radical (unpaired) electrons. The molecule has 2 bridgehead atoms. The Hall–Kier alpha value is -1.04. The van der Waals surface area contributed by atoms with Crippen LogP contribution in [0.25, 0.3) is 0 Å². The van der Waals surface area contributed by atoms with E-state index in [-0.39, 0.29) is 0 Å². The third kappa shape index (κ3) is 2.36. The van der Waals surface area contributed by atoms with E-state index in [0.717, 1.165) is 12.2 Å². The summed E-state index contributed by atoms with van der Waals surface area (Å²) >= 11 is 0. The lowest BCUT2D eigenvalue weighted by Gasteiger charge is -2.54. The number of hydrogen-bond donors (Lipinski definition) is 0. The second-order valence-electron chi connectivity index (χ2n) is 4.86. The van der Waals surface area contributed by atoms with Crippen LogP contribution in [-0.2, 0) is 0 Å². The second-order valence-corrected chi connectivity index (χ2v) is 4.86. The van der Waals surface area contributed by atoms with Crippen molar-refractivity contribution < 1.29 is 43.9 Å². The lowest BCUT2D eigenvalue weighted by atomic mass is 9.93. The van der Waals surface area contributed by atoms with Crippen molar-refractivity contribution in [3.63, 3.8) is 0 Å². The Morgan fingerprint density at radius 2 is 0.864 bits per heavy atom. The third-order valence-corrected chi connectivity index (χ3v) is 3.43. The minimum absolute atomic E-state index is 0.392. The van der Waals surface area contributed by atoms with Gasteiger partial charge in [0.25, 0.3) is 0 Å². The van der Waals surface area contributed by atoms with Gasteiger partial charge in [0, 0.05) is 12.1 Å². The molecule has 2 atom stereocenters. The van der Waals surface area contributed by atoms with Crippen LogP contribution in [0.4, 0.5) is 43.9 Å². The summed E-state index contributed by atoms with van der Waals surface area (Å²) in [5.41, 5.74) is 0. The van der Waals surface area contributed by atoms with Gasteiger partial charge in [-0.05, 0) is 12.8 Å². The molecule has 0 N–H and O–H groups in total. The van der Waals surface area contributed by atoms with Gasteiger partial charge in [-0.3, -0.25) is 0 Å². The SMILES string of the molecule is FC(F)(F)C(F)(F)N1C2C=CC(CC2)N1C(F)(F)C(F)(F)F. The van der Waals surface area contributed by atoms with Crippen LogP contribution in [0.2, 0.25) is 0 Å². The first-order valence-corrected chi connectivity index (χ1v) is 5.87. The van der Waals surface area contributed by atoms with E-state index in [1.54, 1.807) is 0 Å². The fourth-order valence-corrected chi connectivity index (χ4v) is 2.46. The van der Waals surface area contributed by atoms with Gasteiger partial charge < -0.3 is 0 Å². The van der Waals surface area contributed by atoms with E-state index in [0.29, 0.717) is 0 Å². The van der Waals surface area contributed by atoms with Crippen molar-refractivity contribution in [3.05, 3.63) is 12.2 Å². The molecular formula is C10H8F10N2. The number of nitrogens with zero attached hydrogens (tertiary/aromatic N) is 2. The highest BCUT2D eigenvalue weighted by Crippen LogP contribution is 2.51. The Morgan fingerprint density at radius 3 is 1.05 bits per heavy atom. The Bertz CT molecular complexity index is 423. The van der Waals surface area contributed by atoms with E-state index in [4.69, 9.17) is 0 Å². The second kappa shape index (κ2) is 4.73. The summed E-state index contributed by atoms with van der Waals surface area (Å²) in [5, 5.41) is -2.40. The van der Waals surface area contributed by atoms with Gasteiger partial charge in [0.05, 0.1) is 0 Å². The predicted molar refractivity (Wildman–Crippen MR) is 51.6 cm³/mol. The topological polar surface area (TPSA) is 6.48 Å². The standard InChI is InChI=1S/C10H8F10N2/c11-7(12,13)9(17,18)21-5-1-2-6(4-3-5)22(21)10(19,20)8(14,15)16/h1-2,5-6H,3-4H2. The molecule has 128 valence electrons. The van der Waals surface area contributed by atoms with Gasteiger partial charge in [0.2, 0.25) is 0 Å². The molecule has 1 fully saturated rings. The van der Waals surface area contributed by atoms with Crippen molar-refractivity contribution in [1.29, 1.82) is 0 Å². The zero-order valence-electron chi connectivity index (χ0n) is 10.4. The summed E-state index contributed by atoms with van der Waals surface area (Å²) in [6.07, 6.45) is -11.8. The van der Waals surface area contributed by atoms with E-state index < -0.39 is 59.4 Å². The summed E-state index contributed by atoms with van der Waals surface area (Å²) in [6.45, 7) is 0. The number of hydrogen-bond acceptors (Lipinski definition) is 2. The average molecular weight is 346 g/mol. The van der Waals surface area contributed by atoms with E-state index >= 15 is 0 Å². The molecule has 2 nitrogen and oxygen atoms in total. The third-order valence-electron chi connectivity index (χ3n) is 3.43. The van der Waals surface area contributed by atoms with E-state index in [1.807, 2.05) is 0 Å². The molecule has 0 aromatic carbocycles. The molecular weight excluding hydrogens is 338 g/mol. The lowest BCUT2D eigenvalue weighted by molar-refractivity contribution is -0.460. The normalized spacial score (nSPS) is 28.5. The molecule has 2 heterocycles. The quantitative estimate of drug-likeness (QED) is 0.425. The Kier molecular flexibility index (Phi) is 3.72. The lowest BCUT2D eigenvalue weighted by Crippen LogP contribution is -2.74. The van der Waals surface area contributed by atoms with Gasteiger partial charge in [0.15, 0.2) is 0 Å². The number of fused-ring (bicyclic) bond motifs is 2. The first kappa shape index (κ1) is 17.3. The van der Waals surface area contributed by atoms with Gasteiger partial charge in [-0.15, -0.1) is 0 Å². The highest BCUT2D eigenvalue weighted by Gasteiger charge is 2.73. The smallest absolute Gasteiger partial charge is 0.176 e. The minimum Gasteiger partial charge on any atom is -0.176 e. The average Bonchev–Trinajstić information content (AvgIpc) is 2.36. The van der Waals surface area contributed by atoms with Crippen LogP contribution in [0.5, 0.6) is 0 Å². The van der Waals surface area contributed by atoms with E-state index in [1.165, 1.54) is 0 Å². The first-order valence-electron chi connectivity index (χ1n) is 5.87. The van der Waals surface area contributed by atoms with Gasteiger partial charge in [-0.1, -0.05) is 12.2 Å². The molecule has 3 rings (SSSR count). The summed E-state index contributed by atoms with van der Waals surface area (Å²) in [7, 11) is 0. The van der Waals surface area contributed by atoms with Crippen LogP contribution in [0.1, 0.15) is 12.8 Å². The maximum atomic E-state index is 13.5. The maximum absolute atomic E-state index is 13.5. The maximum Gasteiger partial charge on any atom is 0.470 e. The molecule has 1 aliphatic carbocycles. The van der Waals surface area contributed by atoms with Gasteiger partial charge in [-0.25, -0.2) is 0 Å². The highest BCUT2D eigenvalue weighted by molar-refractivity contribution is 5.13. The largest absolute Gasteiger partial charge is 0.470 e. The van der Waals surface area contributed by atoms with E-state index in [9.17, 15) is 43.9 Å². The minimum atomic E-state index is -6.31. The Morgan fingerprint density at radius 1 is 0.591 bits per heavy atom. The number of halogens is 10. The molecule has 22 heavy (non-hydrogen) atoms. The number of rotatable bonds is 2. The van der Waals surface area contributed by atoms with Crippen molar-refractivity contribution >= 4 is 0 Å². The molecule has 2 aliphatic heterocycles. The first-order chi connectivity index (χ1) is 9.71. The fraction of sp³-hybridized carbons (Fsp3) is 0.800. The zero-order chi connectivity index (χ0) is 17.1. The van der Waals surface area contributed by atoms with Gasteiger partial charge >= 0.3 is 24.4 Å². The molecule has 0 aromatic rings. The predicted octanol–water partition coefficient (Wildman–Crippen LogP) is 3.92. The summed E-state index contributed by atoms with van der Waals surface area (Å²) in [6, 6.07) is -15.5. The van der Waals surface area contributed by atoms with Crippen LogP contribution in [0, 0.1) is 0 Å². The zero-order valence-corrected chi connectivity index (χ0v) is 10.4. The van der Waals surface area contributed by atoms with Crippen LogP contribution in [0.15, 0.2) is 12.2 Å². The molecule has 1 saturated heterocycles. The molecule has 12 heteroatoms. The van der Waals surface area contributed by atoms with Crippen molar-refractivity contribution in [2.45, 2.75) is 49.4 Å². The number of alkyl halides is 10. The monoisotopic (exact) mass is 346 g/mol. The van der Waals surface area contributed by atoms with Crippen molar-refractivity contribution in [2.75, 3.05) is 0 Å². The van der Waals surface area contributed by atoms with Crippen LogP contribution < -0.4 is 0 Å². The van der Waals surface area contributed by atoms with Gasteiger partial charge in [-0.2, -0.15) is 53.9 Å². The fourth-order valence-electron chi connectivity index (χ4n) is 2.46.